The molecule has 0 aromatic rings. The molecule has 0 aromatic heterocycles. The molecule has 6 heterocycles. The van der Waals surface area contributed by atoms with Gasteiger partial charge in [-0.25, -0.2) is 0 Å². The minimum Gasteiger partial charge on any atom is -0.481 e. The molecule has 0 unspecified atom stereocenters. The number of aliphatic hydroxyl groups is 5. The molecule has 68 heavy (non-hydrogen) atoms. The Labute approximate surface area is 407 Å². The first-order chi connectivity index (χ1) is 31.6. The van der Waals surface area contributed by atoms with E-state index in [2.05, 4.69) is 0 Å². The van der Waals surface area contributed by atoms with E-state index in [1.165, 1.54) is 0 Å². The van der Waals surface area contributed by atoms with Crippen molar-refractivity contribution in [2.75, 3.05) is 0 Å². The lowest BCUT2D eigenvalue weighted by atomic mass is 9.76. The predicted octanol–water partition coefficient (Wildman–Crippen LogP) is 7.42. The van der Waals surface area contributed by atoms with Crippen LogP contribution in [0.25, 0.3) is 0 Å². The first kappa shape index (κ1) is 55.8. The number of rotatable bonds is 17. The molecule has 0 aliphatic carbocycles. The Morgan fingerprint density at radius 1 is 0.765 bits per heavy atom. The standard InChI is InChI=1S/C53H92O15/c1-14-36(15-2)47(57)64-45(40-21-24-50(13,65-40)53(61)33(8)27-49(12,68-53)43-22-23-48(11,58)42(16-3)63-43)52(60)32(7)25-30(5)41(67-52)28-51(59)31(6)18-20-39(66-51)34(9)38(54)26-37-19-17-29(4)44(62-37)35(10)46(55)56/h29-45,54,58-61H,14-28H2,1-13H3,(H,55,56)/t29-,30-,31-,32+,33+,34-,35+,37+,38+,39+,40-,41+,42-,43+,44-,45+,48+,49-,50-,51+,52+,53+/m0/s1. The third-order valence-corrected chi connectivity index (χ3v) is 18.5. The Bertz CT molecular complexity index is 1710. The Kier molecular flexibility index (Phi) is 17.4. The summed E-state index contributed by atoms with van der Waals surface area (Å²) >= 11 is 0. The zero-order valence-electron chi connectivity index (χ0n) is 43.8. The van der Waals surface area contributed by atoms with E-state index in [4.69, 9.17) is 33.2 Å². The van der Waals surface area contributed by atoms with Crippen LogP contribution in [0.3, 0.4) is 0 Å². The number of carboxylic acids is 1. The van der Waals surface area contributed by atoms with Gasteiger partial charge in [0.25, 0.3) is 0 Å². The van der Waals surface area contributed by atoms with E-state index in [1.54, 1.807) is 13.8 Å². The van der Waals surface area contributed by atoms with Crippen LogP contribution in [0.1, 0.15) is 186 Å². The van der Waals surface area contributed by atoms with Gasteiger partial charge >= 0.3 is 11.9 Å². The summed E-state index contributed by atoms with van der Waals surface area (Å²) in [4.78, 5) is 25.8. The SMILES string of the molecule is CCC(CC)C(=O)O[C@H]([C@@H]1CC[C@@](C)([C@]2(O)O[C@](C)([C@H]3CC[C@@](C)(O)[C@H](CC)O3)C[C@H]2C)O1)[C@]1(O)O[C@H](C[C@@]2(O)O[C@@H]([C@@H](C)[C@H](O)C[C@H]3CC[C@H](C)[C@@H]([C@@H](C)C(=O)O)O3)CC[C@@H]2C)[C@@H](C)C[C@H]1C. The second-order valence-corrected chi connectivity index (χ2v) is 23.7. The van der Waals surface area contributed by atoms with Crippen LogP contribution in [0.5, 0.6) is 0 Å². The van der Waals surface area contributed by atoms with E-state index >= 15 is 0 Å². The monoisotopic (exact) mass is 969 g/mol. The van der Waals surface area contributed by atoms with Crippen molar-refractivity contribution >= 4 is 11.9 Å². The normalized spacial score (nSPS) is 47.6. The van der Waals surface area contributed by atoms with Gasteiger partial charge in [-0.05, 0) is 129 Å². The smallest absolute Gasteiger partial charge is 0.309 e. The Hall–Kier alpha value is -1.50. The van der Waals surface area contributed by atoms with E-state index in [-0.39, 0.29) is 54.3 Å². The van der Waals surface area contributed by atoms with Crippen molar-refractivity contribution in [3.8, 4) is 0 Å². The molecule has 6 rings (SSSR count). The van der Waals surface area contributed by atoms with Gasteiger partial charge in [-0.3, -0.25) is 9.59 Å². The van der Waals surface area contributed by atoms with Gasteiger partial charge in [-0.2, -0.15) is 0 Å². The van der Waals surface area contributed by atoms with E-state index in [9.17, 15) is 40.2 Å². The number of hydrogen-bond donors (Lipinski definition) is 6. The molecular formula is C53H92O15. The summed E-state index contributed by atoms with van der Waals surface area (Å²) in [7, 11) is 0. The van der Waals surface area contributed by atoms with Crippen molar-refractivity contribution in [1.82, 2.24) is 0 Å². The highest BCUT2D eigenvalue weighted by molar-refractivity contribution is 5.72. The molecule has 6 aliphatic rings. The number of carbonyl (C=O) groups is 2. The highest BCUT2D eigenvalue weighted by Crippen LogP contribution is 2.56. The largest absolute Gasteiger partial charge is 0.481 e. The topological polar surface area (TPSA) is 220 Å². The van der Waals surface area contributed by atoms with Gasteiger partial charge < -0.3 is 63.8 Å². The molecule has 0 saturated carbocycles. The summed E-state index contributed by atoms with van der Waals surface area (Å²) in [5.74, 6) is -9.64. The number of esters is 1. The summed E-state index contributed by atoms with van der Waals surface area (Å²) in [6, 6.07) is 0. The number of carbonyl (C=O) groups excluding carboxylic acids is 1. The Balaban J connectivity index is 1.20. The van der Waals surface area contributed by atoms with Gasteiger partial charge in [0.05, 0.1) is 65.8 Å². The number of hydrogen-bond acceptors (Lipinski definition) is 14. The first-order valence-corrected chi connectivity index (χ1v) is 26.7. The van der Waals surface area contributed by atoms with Crippen LogP contribution in [-0.2, 0) is 42.7 Å². The third kappa shape index (κ3) is 10.9. The lowest BCUT2D eigenvalue weighted by molar-refractivity contribution is -0.374. The van der Waals surface area contributed by atoms with Crippen LogP contribution >= 0.6 is 0 Å². The highest BCUT2D eigenvalue weighted by atomic mass is 16.7. The van der Waals surface area contributed by atoms with Crippen molar-refractivity contribution < 1.29 is 73.4 Å². The van der Waals surface area contributed by atoms with Gasteiger partial charge in [0.15, 0.2) is 17.7 Å². The minimum atomic E-state index is -2.05. The average Bonchev–Trinajstić information content (AvgIpc) is 3.80. The van der Waals surface area contributed by atoms with Crippen molar-refractivity contribution in [3.05, 3.63) is 0 Å². The fraction of sp³-hybridized carbons (Fsp3) is 0.962. The molecule has 6 fully saturated rings. The van der Waals surface area contributed by atoms with Crippen LogP contribution in [0.4, 0.5) is 0 Å². The Morgan fingerprint density at radius 3 is 2.07 bits per heavy atom. The number of aliphatic hydroxyl groups excluding tert-OH is 1. The van der Waals surface area contributed by atoms with Gasteiger partial charge in [0.1, 0.15) is 11.7 Å². The van der Waals surface area contributed by atoms with Crippen LogP contribution in [0.2, 0.25) is 0 Å². The van der Waals surface area contributed by atoms with Gasteiger partial charge in [-0.15, -0.1) is 0 Å². The van der Waals surface area contributed by atoms with Crippen LogP contribution < -0.4 is 0 Å². The van der Waals surface area contributed by atoms with E-state index in [0.717, 1.165) is 6.42 Å². The fourth-order valence-electron chi connectivity index (χ4n) is 13.3. The summed E-state index contributed by atoms with van der Waals surface area (Å²) < 4.78 is 46.4. The highest BCUT2D eigenvalue weighted by Gasteiger charge is 2.68. The maximum atomic E-state index is 14.0. The third-order valence-electron chi connectivity index (χ3n) is 18.5. The van der Waals surface area contributed by atoms with Crippen molar-refractivity contribution in [2.24, 2.45) is 47.3 Å². The molecule has 6 aliphatic heterocycles. The van der Waals surface area contributed by atoms with E-state index < -0.39 is 100 Å². The van der Waals surface area contributed by atoms with Gasteiger partial charge in [0, 0.05) is 30.1 Å². The lowest BCUT2D eigenvalue weighted by Gasteiger charge is -2.52. The zero-order chi connectivity index (χ0) is 50.5. The summed E-state index contributed by atoms with van der Waals surface area (Å²) in [6.45, 7) is 24.8. The molecule has 6 N–H and O–H groups in total. The summed E-state index contributed by atoms with van der Waals surface area (Å²) in [5.41, 5.74) is -3.12. The molecule has 394 valence electrons. The second kappa shape index (κ2) is 21.2. The number of carboxylic acid groups (broad SMARTS) is 1. The van der Waals surface area contributed by atoms with Gasteiger partial charge in [0.2, 0.25) is 5.79 Å². The lowest BCUT2D eigenvalue weighted by Crippen LogP contribution is -2.64. The van der Waals surface area contributed by atoms with Crippen molar-refractivity contribution in [2.45, 2.75) is 275 Å². The Morgan fingerprint density at radius 2 is 1.44 bits per heavy atom. The predicted molar refractivity (Wildman–Crippen MR) is 253 cm³/mol. The van der Waals surface area contributed by atoms with Crippen LogP contribution in [-0.4, -0.2) is 132 Å². The fourth-order valence-corrected chi connectivity index (χ4v) is 13.3. The average molecular weight is 969 g/mol. The molecule has 15 heteroatoms. The molecule has 6 saturated heterocycles. The molecular weight excluding hydrogens is 877 g/mol. The molecule has 0 bridgehead atoms. The maximum Gasteiger partial charge on any atom is 0.309 e. The minimum absolute atomic E-state index is 0.0136. The van der Waals surface area contributed by atoms with Crippen molar-refractivity contribution in [3.63, 3.8) is 0 Å². The second-order valence-electron chi connectivity index (χ2n) is 23.7. The van der Waals surface area contributed by atoms with E-state index in [0.29, 0.717) is 83.5 Å². The quantitative estimate of drug-likeness (QED) is 0.0782. The summed E-state index contributed by atoms with van der Waals surface area (Å²) in [6.07, 6.45) is 1.76. The zero-order valence-corrected chi connectivity index (χ0v) is 43.8. The van der Waals surface area contributed by atoms with Gasteiger partial charge in [-0.1, -0.05) is 62.3 Å². The molecule has 22 atom stereocenters. The molecule has 0 spiro atoms. The summed E-state index contributed by atoms with van der Waals surface area (Å²) in [5, 5.41) is 70.5. The number of ether oxygens (including phenoxy) is 7. The van der Waals surface area contributed by atoms with Crippen molar-refractivity contribution in [1.29, 1.82) is 0 Å². The van der Waals surface area contributed by atoms with E-state index in [1.807, 2.05) is 76.2 Å². The first-order valence-electron chi connectivity index (χ1n) is 26.7. The molecule has 15 nitrogen and oxygen atoms in total. The van der Waals surface area contributed by atoms with Crippen LogP contribution in [0.15, 0.2) is 0 Å². The number of aliphatic carboxylic acids is 1. The molecule has 0 radical (unpaired) electrons. The maximum absolute atomic E-state index is 14.0. The van der Waals surface area contributed by atoms with Crippen LogP contribution in [0, 0.1) is 47.3 Å². The molecule has 0 aromatic carbocycles. The molecule has 0 amide bonds.